The Morgan fingerprint density at radius 1 is 1.26 bits per heavy atom. The van der Waals surface area contributed by atoms with Crippen LogP contribution >= 0.6 is 0 Å². The molecule has 0 amide bonds. The summed E-state index contributed by atoms with van der Waals surface area (Å²) >= 11 is 0. The largest absolute Gasteiger partial charge is 0.375 e. The Bertz CT molecular complexity index is 866. The number of ether oxygens (including phenoxy) is 1. The summed E-state index contributed by atoms with van der Waals surface area (Å²) in [4.78, 5) is 2.32. The molecule has 5 heteroatoms. The SMILES string of the molecule is CC(c1ccc(N2CCC2)c(-c2ccc(C#N)c(F)c2)c1)C1CNCCO1. The highest BCUT2D eigenvalue weighted by atomic mass is 19.1. The quantitative estimate of drug-likeness (QED) is 0.898. The number of anilines is 1. The number of rotatable bonds is 4. The van der Waals surface area contributed by atoms with E-state index in [0.717, 1.165) is 49.6 Å². The zero-order valence-corrected chi connectivity index (χ0v) is 15.5. The standard InChI is InChI=1S/C22H24FN3O/c1-15(22-14-25-7-10-27-22)16-5-6-21(26-8-2-9-26)19(11-16)17-3-4-18(13-24)20(23)12-17/h3-6,11-12,15,22,25H,2,7-10,14H2,1H3. The molecule has 2 aromatic carbocycles. The molecule has 2 saturated heterocycles. The normalized spacial score (nSPS) is 20.6. The first-order chi connectivity index (χ1) is 13.2. The molecule has 0 aromatic heterocycles. The molecule has 2 aliphatic rings. The van der Waals surface area contributed by atoms with Crippen molar-refractivity contribution in [3.05, 3.63) is 53.3 Å². The predicted molar refractivity (Wildman–Crippen MR) is 104 cm³/mol. The van der Waals surface area contributed by atoms with Gasteiger partial charge in [0.2, 0.25) is 0 Å². The van der Waals surface area contributed by atoms with Gasteiger partial charge in [0.15, 0.2) is 0 Å². The van der Waals surface area contributed by atoms with Crippen LogP contribution < -0.4 is 10.2 Å². The average Bonchev–Trinajstić information content (AvgIpc) is 2.67. The van der Waals surface area contributed by atoms with Gasteiger partial charge < -0.3 is 15.0 Å². The van der Waals surface area contributed by atoms with Gasteiger partial charge in [0.05, 0.1) is 18.3 Å². The second-order valence-corrected chi connectivity index (χ2v) is 7.33. The molecule has 1 N–H and O–H groups in total. The number of hydrogen-bond donors (Lipinski definition) is 1. The molecule has 4 rings (SSSR count). The zero-order valence-electron chi connectivity index (χ0n) is 15.5. The van der Waals surface area contributed by atoms with E-state index in [2.05, 4.69) is 35.3 Å². The third kappa shape index (κ3) is 3.55. The summed E-state index contributed by atoms with van der Waals surface area (Å²) in [5.74, 6) is -0.229. The zero-order chi connectivity index (χ0) is 18.8. The molecular formula is C22H24FN3O. The Morgan fingerprint density at radius 2 is 2.11 bits per heavy atom. The van der Waals surface area contributed by atoms with Gasteiger partial charge in [0, 0.05) is 43.3 Å². The van der Waals surface area contributed by atoms with E-state index in [0.29, 0.717) is 0 Å². The van der Waals surface area contributed by atoms with Crippen LogP contribution in [-0.4, -0.2) is 38.9 Å². The highest BCUT2D eigenvalue weighted by molar-refractivity contribution is 5.80. The van der Waals surface area contributed by atoms with E-state index in [-0.39, 0.29) is 17.6 Å². The number of halogens is 1. The number of nitriles is 1. The van der Waals surface area contributed by atoms with Crippen LogP contribution in [0, 0.1) is 17.1 Å². The number of benzene rings is 2. The van der Waals surface area contributed by atoms with Crippen molar-refractivity contribution >= 4 is 5.69 Å². The van der Waals surface area contributed by atoms with Gasteiger partial charge in [-0.05, 0) is 41.8 Å². The lowest BCUT2D eigenvalue weighted by atomic mass is 9.90. The van der Waals surface area contributed by atoms with Crippen molar-refractivity contribution in [2.75, 3.05) is 37.7 Å². The minimum atomic E-state index is -0.470. The van der Waals surface area contributed by atoms with Crippen molar-refractivity contribution in [1.29, 1.82) is 5.26 Å². The molecule has 0 bridgehead atoms. The maximum atomic E-state index is 14.3. The number of morpholine rings is 1. The summed E-state index contributed by atoms with van der Waals surface area (Å²) in [7, 11) is 0. The van der Waals surface area contributed by atoms with Gasteiger partial charge in [-0.25, -0.2) is 4.39 Å². The average molecular weight is 365 g/mol. The topological polar surface area (TPSA) is 48.3 Å². The highest BCUT2D eigenvalue weighted by Crippen LogP contribution is 2.37. The molecular weight excluding hydrogens is 341 g/mol. The van der Waals surface area contributed by atoms with Crippen LogP contribution in [0.3, 0.4) is 0 Å². The molecule has 2 atom stereocenters. The molecule has 0 saturated carbocycles. The summed E-state index contributed by atoms with van der Waals surface area (Å²) < 4.78 is 20.2. The second-order valence-electron chi connectivity index (χ2n) is 7.33. The minimum absolute atomic E-state index is 0.0791. The summed E-state index contributed by atoms with van der Waals surface area (Å²) in [5, 5.41) is 12.4. The van der Waals surface area contributed by atoms with Crippen molar-refractivity contribution in [2.24, 2.45) is 0 Å². The Kier molecular flexibility index (Phi) is 5.11. The Balaban J connectivity index is 1.73. The van der Waals surface area contributed by atoms with E-state index in [1.54, 1.807) is 6.07 Å². The Hall–Kier alpha value is -2.42. The summed E-state index contributed by atoms with van der Waals surface area (Å²) in [5.41, 5.74) is 4.23. The summed E-state index contributed by atoms with van der Waals surface area (Å²) in [6.45, 7) is 6.70. The van der Waals surface area contributed by atoms with Gasteiger partial charge >= 0.3 is 0 Å². The molecule has 2 aromatic rings. The van der Waals surface area contributed by atoms with Gasteiger partial charge in [-0.3, -0.25) is 0 Å². The van der Waals surface area contributed by atoms with Crippen LogP contribution in [0.5, 0.6) is 0 Å². The first-order valence-corrected chi connectivity index (χ1v) is 9.58. The molecule has 27 heavy (non-hydrogen) atoms. The van der Waals surface area contributed by atoms with Gasteiger partial charge in [-0.15, -0.1) is 0 Å². The van der Waals surface area contributed by atoms with E-state index < -0.39 is 5.82 Å². The Morgan fingerprint density at radius 3 is 2.74 bits per heavy atom. The molecule has 2 heterocycles. The fourth-order valence-corrected chi connectivity index (χ4v) is 3.80. The number of hydrogen-bond acceptors (Lipinski definition) is 4. The highest BCUT2D eigenvalue weighted by Gasteiger charge is 2.25. The number of nitrogens with one attached hydrogen (secondary N) is 1. The van der Waals surface area contributed by atoms with Crippen LogP contribution in [0.1, 0.15) is 30.4 Å². The molecule has 140 valence electrons. The minimum Gasteiger partial charge on any atom is -0.375 e. The summed E-state index contributed by atoms with van der Waals surface area (Å²) in [6.07, 6.45) is 1.32. The van der Waals surface area contributed by atoms with Crippen LogP contribution in [0.25, 0.3) is 11.1 Å². The fourth-order valence-electron chi connectivity index (χ4n) is 3.80. The first kappa shape index (κ1) is 18.0. The van der Waals surface area contributed by atoms with E-state index in [1.165, 1.54) is 18.1 Å². The second kappa shape index (κ2) is 7.67. The monoisotopic (exact) mass is 365 g/mol. The van der Waals surface area contributed by atoms with Gasteiger partial charge in [-0.2, -0.15) is 5.26 Å². The molecule has 0 spiro atoms. The van der Waals surface area contributed by atoms with E-state index in [4.69, 9.17) is 10.00 Å². The molecule has 0 radical (unpaired) electrons. The van der Waals surface area contributed by atoms with E-state index >= 15 is 0 Å². The predicted octanol–water partition coefficient (Wildman–Crippen LogP) is 3.67. The van der Waals surface area contributed by atoms with Crippen molar-refractivity contribution in [2.45, 2.75) is 25.4 Å². The van der Waals surface area contributed by atoms with Crippen LogP contribution in [0.2, 0.25) is 0 Å². The lowest BCUT2D eigenvalue weighted by molar-refractivity contribution is 0.0146. The van der Waals surface area contributed by atoms with Crippen molar-refractivity contribution in [1.82, 2.24) is 5.32 Å². The molecule has 2 fully saturated rings. The third-order valence-electron chi connectivity index (χ3n) is 5.66. The van der Waals surface area contributed by atoms with E-state index in [1.807, 2.05) is 12.1 Å². The fraction of sp³-hybridized carbons (Fsp3) is 0.409. The van der Waals surface area contributed by atoms with Crippen LogP contribution in [-0.2, 0) is 4.74 Å². The number of nitrogens with zero attached hydrogens (tertiary/aromatic N) is 2. The molecule has 2 aliphatic heterocycles. The smallest absolute Gasteiger partial charge is 0.141 e. The van der Waals surface area contributed by atoms with E-state index in [9.17, 15) is 4.39 Å². The van der Waals surface area contributed by atoms with Crippen molar-refractivity contribution in [3.8, 4) is 17.2 Å². The lowest BCUT2D eigenvalue weighted by Crippen LogP contribution is -2.41. The summed E-state index contributed by atoms with van der Waals surface area (Å²) in [6, 6.07) is 13.3. The maximum absolute atomic E-state index is 14.3. The molecule has 0 aliphatic carbocycles. The molecule has 2 unspecified atom stereocenters. The van der Waals surface area contributed by atoms with Gasteiger partial charge in [-0.1, -0.05) is 19.1 Å². The van der Waals surface area contributed by atoms with Crippen LogP contribution in [0.15, 0.2) is 36.4 Å². The molecule has 4 nitrogen and oxygen atoms in total. The van der Waals surface area contributed by atoms with Gasteiger partial charge in [0.1, 0.15) is 11.9 Å². The maximum Gasteiger partial charge on any atom is 0.141 e. The van der Waals surface area contributed by atoms with Crippen molar-refractivity contribution in [3.63, 3.8) is 0 Å². The van der Waals surface area contributed by atoms with Crippen LogP contribution in [0.4, 0.5) is 10.1 Å². The Labute approximate surface area is 159 Å². The first-order valence-electron chi connectivity index (χ1n) is 9.58. The lowest BCUT2D eigenvalue weighted by Gasteiger charge is -2.36. The van der Waals surface area contributed by atoms with Gasteiger partial charge in [0.25, 0.3) is 0 Å². The third-order valence-corrected chi connectivity index (χ3v) is 5.66. The van der Waals surface area contributed by atoms with Crippen molar-refractivity contribution < 1.29 is 9.13 Å².